The van der Waals surface area contributed by atoms with E-state index in [9.17, 15) is 0 Å². The fraction of sp³-hybridized carbons (Fsp3) is 1.00. The van der Waals surface area contributed by atoms with E-state index in [0.29, 0.717) is 17.5 Å². The second-order valence-electron chi connectivity index (χ2n) is 5.39. The third-order valence-electron chi connectivity index (χ3n) is 2.95. The maximum Gasteiger partial charge on any atom is 0.0145 e. The van der Waals surface area contributed by atoms with E-state index in [1.807, 2.05) is 0 Å². The van der Waals surface area contributed by atoms with Crippen LogP contribution in [-0.2, 0) is 0 Å². The molecule has 1 rings (SSSR count). The fourth-order valence-electron chi connectivity index (χ4n) is 2.34. The topological polar surface area (TPSA) is 15.3 Å². The van der Waals surface area contributed by atoms with Crippen LogP contribution in [0, 0.1) is 5.41 Å². The molecule has 13 heavy (non-hydrogen) atoms. The molecule has 0 radical (unpaired) electrons. The summed E-state index contributed by atoms with van der Waals surface area (Å²) in [5, 5.41) is 3.67. The van der Waals surface area contributed by atoms with E-state index in [1.54, 1.807) is 0 Å². The summed E-state index contributed by atoms with van der Waals surface area (Å²) in [7, 11) is 2.22. The van der Waals surface area contributed by atoms with Gasteiger partial charge >= 0.3 is 0 Å². The zero-order chi connectivity index (χ0) is 10.1. The van der Waals surface area contributed by atoms with Crippen molar-refractivity contribution in [3.05, 3.63) is 0 Å². The molecule has 0 aromatic rings. The summed E-state index contributed by atoms with van der Waals surface area (Å²) in [6.07, 6.45) is 1.28. The first-order chi connectivity index (χ1) is 5.92. The molecule has 0 spiro atoms. The lowest BCUT2D eigenvalue weighted by molar-refractivity contribution is 0.0918. The van der Waals surface area contributed by atoms with Gasteiger partial charge in [0.05, 0.1) is 0 Å². The number of piperidine rings is 1. The minimum absolute atomic E-state index is 0.414. The van der Waals surface area contributed by atoms with Crippen molar-refractivity contribution < 1.29 is 0 Å². The molecule has 2 nitrogen and oxygen atoms in total. The third kappa shape index (κ3) is 2.96. The number of nitrogens with one attached hydrogen (secondary N) is 1. The van der Waals surface area contributed by atoms with Crippen molar-refractivity contribution in [1.82, 2.24) is 10.2 Å². The highest BCUT2D eigenvalue weighted by Gasteiger charge is 2.34. The van der Waals surface area contributed by atoms with Crippen molar-refractivity contribution >= 4 is 0 Å². The van der Waals surface area contributed by atoms with Crippen LogP contribution in [0.25, 0.3) is 0 Å². The van der Waals surface area contributed by atoms with Gasteiger partial charge in [0.2, 0.25) is 0 Å². The first-order valence-electron chi connectivity index (χ1n) is 5.36. The van der Waals surface area contributed by atoms with Crippen LogP contribution in [0.5, 0.6) is 0 Å². The van der Waals surface area contributed by atoms with Gasteiger partial charge in [0.25, 0.3) is 0 Å². The van der Waals surface area contributed by atoms with Crippen LogP contribution >= 0.6 is 0 Å². The normalized spacial score (nSPS) is 29.5. The maximum absolute atomic E-state index is 3.67. The Bertz CT molecular complexity index is 163. The Kier molecular flexibility index (Phi) is 3.36. The molecule has 1 aliphatic heterocycles. The number of rotatable bonds is 2. The molecule has 2 heteroatoms. The van der Waals surface area contributed by atoms with Gasteiger partial charge in [0.15, 0.2) is 0 Å². The Labute approximate surface area is 82.7 Å². The molecule has 1 heterocycles. The quantitative estimate of drug-likeness (QED) is 0.703. The van der Waals surface area contributed by atoms with Gasteiger partial charge in [-0.3, -0.25) is 0 Å². The van der Waals surface area contributed by atoms with E-state index in [2.05, 4.69) is 45.0 Å². The van der Waals surface area contributed by atoms with E-state index in [-0.39, 0.29) is 0 Å². The van der Waals surface area contributed by atoms with Crippen LogP contribution in [0.4, 0.5) is 0 Å². The molecular formula is C11H24N2. The zero-order valence-corrected chi connectivity index (χ0v) is 9.72. The Morgan fingerprint density at radius 1 is 1.38 bits per heavy atom. The molecular weight excluding hydrogens is 160 g/mol. The van der Waals surface area contributed by atoms with E-state index in [1.165, 1.54) is 19.5 Å². The predicted molar refractivity (Wildman–Crippen MR) is 58.0 cm³/mol. The molecule has 78 valence electrons. The fourth-order valence-corrected chi connectivity index (χ4v) is 2.34. The lowest BCUT2D eigenvalue weighted by Gasteiger charge is -2.44. The van der Waals surface area contributed by atoms with Gasteiger partial charge in [-0.1, -0.05) is 27.7 Å². The SMILES string of the molecule is CC(C)NC1CCN(C)CC1(C)C. The molecule has 1 saturated heterocycles. The summed E-state index contributed by atoms with van der Waals surface area (Å²) in [5.74, 6) is 0. The molecule has 0 saturated carbocycles. The monoisotopic (exact) mass is 184 g/mol. The molecule has 1 atom stereocenters. The second kappa shape index (κ2) is 3.97. The lowest BCUT2D eigenvalue weighted by atomic mass is 9.79. The van der Waals surface area contributed by atoms with Crippen LogP contribution in [-0.4, -0.2) is 37.1 Å². The van der Waals surface area contributed by atoms with Crippen LogP contribution in [0.15, 0.2) is 0 Å². The molecule has 0 bridgehead atoms. The lowest BCUT2D eigenvalue weighted by Crippen LogP contribution is -2.54. The summed E-state index contributed by atoms with van der Waals surface area (Å²) < 4.78 is 0. The molecule has 0 aromatic heterocycles. The van der Waals surface area contributed by atoms with Crippen molar-refractivity contribution in [1.29, 1.82) is 0 Å². The zero-order valence-electron chi connectivity index (χ0n) is 9.72. The highest BCUT2D eigenvalue weighted by Crippen LogP contribution is 2.28. The first-order valence-corrected chi connectivity index (χ1v) is 5.36. The smallest absolute Gasteiger partial charge is 0.0145 e. The molecule has 1 aliphatic rings. The number of hydrogen-bond donors (Lipinski definition) is 1. The van der Waals surface area contributed by atoms with Gasteiger partial charge in [-0.2, -0.15) is 0 Å². The van der Waals surface area contributed by atoms with E-state index in [4.69, 9.17) is 0 Å². The minimum Gasteiger partial charge on any atom is -0.311 e. The second-order valence-corrected chi connectivity index (χ2v) is 5.39. The van der Waals surface area contributed by atoms with Gasteiger partial charge in [0.1, 0.15) is 0 Å². The Morgan fingerprint density at radius 2 is 2.00 bits per heavy atom. The molecule has 0 amide bonds. The van der Waals surface area contributed by atoms with E-state index in [0.717, 1.165) is 0 Å². The van der Waals surface area contributed by atoms with Crippen molar-refractivity contribution in [3.8, 4) is 0 Å². The average molecular weight is 184 g/mol. The van der Waals surface area contributed by atoms with Gasteiger partial charge in [-0.05, 0) is 25.4 Å². The third-order valence-corrected chi connectivity index (χ3v) is 2.95. The Balaban J connectivity index is 2.54. The number of nitrogens with zero attached hydrogens (tertiary/aromatic N) is 1. The highest BCUT2D eigenvalue weighted by atomic mass is 15.1. The Morgan fingerprint density at radius 3 is 2.46 bits per heavy atom. The van der Waals surface area contributed by atoms with Crippen LogP contribution < -0.4 is 5.32 Å². The van der Waals surface area contributed by atoms with Crippen LogP contribution in [0.3, 0.4) is 0 Å². The van der Waals surface area contributed by atoms with Crippen molar-refractivity contribution in [2.24, 2.45) is 5.41 Å². The average Bonchev–Trinajstić information content (AvgIpc) is 1.93. The minimum atomic E-state index is 0.414. The molecule has 1 fully saturated rings. The van der Waals surface area contributed by atoms with Gasteiger partial charge in [-0.15, -0.1) is 0 Å². The molecule has 0 aliphatic carbocycles. The molecule has 0 aromatic carbocycles. The Hall–Kier alpha value is -0.0800. The summed E-state index contributed by atoms with van der Waals surface area (Å²) >= 11 is 0. The number of hydrogen-bond acceptors (Lipinski definition) is 2. The van der Waals surface area contributed by atoms with Gasteiger partial charge in [-0.25, -0.2) is 0 Å². The summed E-state index contributed by atoms with van der Waals surface area (Å²) in [6.45, 7) is 11.6. The van der Waals surface area contributed by atoms with Crippen LogP contribution in [0.2, 0.25) is 0 Å². The van der Waals surface area contributed by atoms with Crippen LogP contribution in [0.1, 0.15) is 34.1 Å². The summed E-state index contributed by atoms with van der Waals surface area (Å²) in [4.78, 5) is 2.43. The molecule has 1 unspecified atom stereocenters. The largest absolute Gasteiger partial charge is 0.311 e. The van der Waals surface area contributed by atoms with Gasteiger partial charge < -0.3 is 10.2 Å². The van der Waals surface area contributed by atoms with E-state index >= 15 is 0 Å². The van der Waals surface area contributed by atoms with E-state index < -0.39 is 0 Å². The van der Waals surface area contributed by atoms with Crippen molar-refractivity contribution in [2.45, 2.75) is 46.2 Å². The summed E-state index contributed by atoms with van der Waals surface area (Å²) in [6, 6.07) is 1.29. The number of likely N-dealkylation sites (tertiary alicyclic amines) is 1. The standard InChI is InChI=1S/C11H24N2/c1-9(2)12-10-6-7-13(5)8-11(10,3)4/h9-10,12H,6-8H2,1-5H3. The highest BCUT2D eigenvalue weighted by molar-refractivity contribution is 4.91. The molecule has 1 N–H and O–H groups in total. The van der Waals surface area contributed by atoms with Crippen molar-refractivity contribution in [3.63, 3.8) is 0 Å². The summed E-state index contributed by atoms with van der Waals surface area (Å²) in [5.41, 5.74) is 0.414. The van der Waals surface area contributed by atoms with Crippen molar-refractivity contribution in [2.75, 3.05) is 20.1 Å². The predicted octanol–water partition coefficient (Wildman–Crippen LogP) is 1.71. The van der Waals surface area contributed by atoms with Gasteiger partial charge in [0, 0.05) is 18.6 Å². The maximum atomic E-state index is 3.67. The first kappa shape index (κ1) is 11.0.